The SMILES string of the molecule is Cc1cccc(C(=O)NC2C3C4CCC(C4)C23)c1F. The summed E-state index contributed by atoms with van der Waals surface area (Å²) >= 11 is 0. The molecule has 4 unspecified atom stereocenters. The van der Waals surface area contributed by atoms with Gasteiger partial charge in [-0.05, 0) is 61.5 Å². The van der Waals surface area contributed by atoms with Gasteiger partial charge in [0.05, 0.1) is 5.56 Å². The Kier molecular flexibility index (Phi) is 2.30. The number of hydrogen-bond acceptors (Lipinski definition) is 1. The predicted octanol–water partition coefficient (Wildman–Crippen LogP) is 2.91. The van der Waals surface area contributed by atoms with Crippen LogP contribution in [0.25, 0.3) is 0 Å². The quantitative estimate of drug-likeness (QED) is 0.869. The maximum Gasteiger partial charge on any atom is 0.254 e. The fourth-order valence-electron chi connectivity index (χ4n) is 4.57. The van der Waals surface area contributed by atoms with Gasteiger partial charge in [-0.1, -0.05) is 12.1 Å². The fourth-order valence-corrected chi connectivity index (χ4v) is 4.57. The second-order valence-corrected chi connectivity index (χ2v) is 6.42. The minimum absolute atomic E-state index is 0.192. The van der Waals surface area contributed by atoms with Gasteiger partial charge >= 0.3 is 0 Å². The number of aryl methyl sites for hydroxylation is 1. The van der Waals surface area contributed by atoms with E-state index >= 15 is 0 Å². The molecule has 1 aromatic carbocycles. The number of fused-ring (bicyclic) bond motifs is 5. The smallest absolute Gasteiger partial charge is 0.254 e. The van der Waals surface area contributed by atoms with Crippen LogP contribution in [0, 0.1) is 36.4 Å². The van der Waals surface area contributed by atoms with Gasteiger partial charge in [-0.2, -0.15) is 0 Å². The predicted molar refractivity (Wildman–Crippen MR) is 70.2 cm³/mol. The van der Waals surface area contributed by atoms with Crippen molar-refractivity contribution < 1.29 is 9.18 Å². The largest absolute Gasteiger partial charge is 0.349 e. The summed E-state index contributed by atoms with van der Waals surface area (Å²) in [6.07, 6.45) is 4.02. The second-order valence-electron chi connectivity index (χ2n) is 6.42. The first-order valence-electron chi connectivity index (χ1n) is 7.23. The second kappa shape index (κ2) is 3.81. The number of rotatable bonds is 2. The van der Waals surface area contributed by atoms with Crippen LogP contribution >= 0.6 is 0 Å². The van der Waals surface area contributed by atoms with Crippen LogP contribution in [0.4, 0.5) is 4.39 Å². The lowest BCUT2D eigenvalue weighted by Gasteiger charge is -2.11. The zero-order valence-electron chi connectivity index (χ0n) is 11.0. The highest BCUT2D eigenvalue weighted by molar-refractivity contribution is 5.95. The Bertz CT molecular complexity index is 540. The Hall–Kier alpha value is -1.38. The third-order valence-corrected chi connectivity index (χ3v) is 5.47. The van der Waals surface area contributed by atoms with Crippen LogP contribution in [-0.2, 0) is 0 Å². The van der Waals surface area contributed by atoms with Crippen molar-refractivity contribution >= 4 is 5.91 Å². The summed E-state index contributed by atoms with van der Waals surface area (Å²) in [5.74, 6) is 2.41. The molecule has 0 radical (unpaired) electrons. The molecule has 19 heavy (non-hydrogen) atoms. The summed E-state index contributed by atoms with van der Waals surface area (Å²) in [7, 11) is 0. The standard InChI is InChI=1S/C16H18FNO/c1-8-3-2-4-11(14(8)17)16(19)18-15-12-9-5-6-10(7-9)13(12)15/h2-4,9-10,12-13,15H,5-7H2,1H3,(H,18,19). The van der Waals surface area contributed by atoms with E-state index in [0.717, 1.165) is 11.8 Å². The molecule has 3 aliphatic carbocycles. The van der Waals surface area contributed by atoms with Crippen molar-refractivity contribution in [3.63, 3.8) is 0 Å². The van der Waals surface area contributed by atoms with Gasteiger partial charge in [-0.15, -0.1) is 0 Å². The van der Waals surface area contributed by atoms with Crippen molar-refractivity contribution in [2.24, 2.45) is 23.7 Å². The number of benzene rings is 1. The van der Waals surface area contributed by atoms with Crippen molar-refractivity contribution in [2.45, 2.75) is 32.2 Å². The number of nitrogens with one attached hydrogen (secondary N) is 1. The molecule has 2 bridgehead atoms. The molecule has 3 saturated carbocycles. The molecule has 0 heterocycles. The summed E-state index contributed by atoms with van der Waals surface area (Å²) in [4.78, 5) is 12.2. The van der Waals surface area contributed by atoms with Crippen LogP contribution in [0.5, 0.6) is 0 Å². The first kappa shape index (κ1) is 11.4. The van der Waals surface area contributed by atoms with Crippen molar-refractivity contribution in [3.05, 3.63) is 35.1 Å². The van der Waals surface area contributed by atoms with Crippen LogP contribution in [0.3, 0.4) is 0 Å². The van der Waals surface area contributed by atoms with Crippen LogP contribution in [0.15, 0.2) is 18.2 Å². The van der Waals surface area contributed by atoms with E-state index in [2.05, 4.69) is 5.32 Å². The molecule has 1 amide bonds. The van der Waals surface area contributed by atoms with E-state index in [4.69, 9.17) is 0 Å². The lowest BCUT2D eigenvalue weighted by atomic mass is 10.0. The fraction of sp³-hybridized carbons (Fsp3) is 0.562. The summed E-state index contributed by atoms with van der Waals surface area (Å²) in [5.41, 5.74) is 0.723. The Balaban J connectivity index is 1.50. The molecule has 1 N–H and O–H groups in total. The van der Waals surface area contributed by atoms with E-state index in [0.29, 0.717) is 23.4 Å². The summed E-state index contributed by atoms with van der Waals surface area (Å²) in [6, 6.07) is 5.33. The van der Waals surface area contributed by atoms with Gasteiger partial charge in [0.15, 0.2) is 0 Å². The van der Waals surface area contributed by atoms with Gasteiger partial charge in [0, 0.05) is 6.04 Å². The molecule has 1 aromatic rings. The molecule has 0 aliphatic heterocycles. The minimum Gasteiger partial charge on any atom is -0.349 e. The third kappa shape index (κ3) is 1.57. The number of carbonyl (C=O) groups excluding carboxylic acids is 1. The van der Waals surface area contributed by atoms with E-state index in [1.165, 1.54) is 19.3 Å². The van der Waals surface area contributed by atoms with Crippen molar-refractivity contribution in [1.82, 2.24) is 5.32 Å². The normalized spacial score (nSPS) is 38.1. The molecule has 3 heteroatoms. The lowest BCUT2D eigenvalue weighted by Crippen LogP contribution is -2.30. The number of amides is 1. The van der Waals surface area contributed by atoms with Crippen LogP contribution < -0.4 is 5.32 Å². The van der Waals surface area contributed by atoms with E-state index in [9.17, 15) is 9.18 Å². The van der Waals surface area contributed by atoms with E-state index in [1.807, 2.05) is 0 Å². The average Bonchev–Trinajstić information content (AvgIpc) is 2.81. The molecule has 3 aliphatic rings. The Morgan fingerprint density at radius 1 is 1.26 bits per heavy atom. The summed E-state index contributed by atoms with van der Waals surface area (Å²) < 4.78 is 13.9. The van der Waals surface area contributed by atoms with Gasteiger partial charge < -0.3 is 5.32 Å². The minimum atomic E-state index is -0.381. The monoisotopic (exact) mass is 259 g/mol. The molecule has 100 valence electrons. The zero-order valence-corrected chi connectivity index (χ0v) is 11.0. The molecular formula is C16H18FNO. The lowest BCUT2D eigenvalue weighted by molar-refractivity contribution is 0.0940. The van der Waals surface area contributed by atoms with Crippen LogP contribution in [0.1, 0.15) is 35.2 Å². The average molecular weight is 259 g/mol. The highest BCUT2D eigenvalue weighted by atomic mass is 19.1. The molecular weight excluding hydrogens is 241 g/mol. The highest BCUT2D eigenvalue weighted by Crippen LogP contribution is 2.65. The Morgan fingerprint density at radius 3 is 2.63 bits per heavy atom. The first-order chi connectivity index (χ1) is 9.16. The van der Waals surface area contributed by atoms with Crippen LogP contribution in [0.2, 0.25) is 0 Å². The van der Waals surface area contributed by atoms with Gasteiger partial charge in [-0.3, -0.25) is 4.79 Å². The maximum atomic E-state index is 13.9. The van der Waals surface area contributed by atoms with E-state index in [-0.39, 0.29) is 17.3 Å². The van der Waals surface area contributed by atoms with Crippen molar-refractivity contribution in [2.75, 3.05) is 0 Å². The first-order valence-corrected chi connectivity index (χ1v) is 7.23. The molecule has 4 rings (SSSR count). The van der Waals surface area contributed by atoms with Gasteiger partial charge in [0.1, 0.15) is 5.82 Å². The molecule has 0 saturated heterocycles. The number of carbonyl (C=O) groups is 1. The Labute approximate surface area is 112 Å². The van der Waals surface area contributed by atoms with Crippen molar-refractivity contribution in [1.29, 1.82) is 0 Å². The van der Waals surface area contributed by atoms with Gasteiger partial charge in [-0.25, -0.2) is 4.39 Å². The molecule has 0 spiro atoms. The topological polar surface area (TPSA) is 29.1 Å². The van der Waals surface area contributed by atoms with Crippen LogP contribution in [-0.4, -0.2) is 11.9 Å². The Morgan fingerprint density at radius 2 is 1.95 bits per heavy atom. The van der Waals surface area contributed by atoms with Gasteiger partial charge in [0.25, 0.3) is 5.91 Å². The highest BCUT2D eigenvalue weighted by Gasteiger charge is 2.65. The molecule has 3 fully saturated rings. The number of halogens is 1. The molecule has 4 atom stereocenters. The zero-order chi connectivity index (χ0) is 13.1. The maximum absolute atomic E-state index is 13.9. The summed E-state index contributed by atoms with van der Waals surface area (Å²) in [6.45, 7) is 1.69. The third-order valence-electron chi connectivity index (χ3n) is 5.47. The molecule has 2 nitrogen and oxygen atoms in total. The van der Waals surface area contributed by atoms with E-state index < -0.39 is 0 Å². The van der Waals surface area contributed by atoms with Gasteiger partial charge in [0.2, 0.25) is 0 Å². The summed E-state index contributed by atoms with van der Waals surface area (Å²) in [5, 5.41) is 3.06. The van der Waals surface area contributed by atoms with E-state index in [1.54, 1.807) is 25.1 Å². The van der Waals surface area contributed by atoms with Crippen molar-refractivity contribution in [3.8, 4) is 0 Å². The number of hydrogen-bond donors (Lipinski definition) is 1. The molecule has 0 aromatic heterocycles.